The van der Waals surface area contributed by atoms with Crippen LogP contribution in [0.5, 0.6) is 0 Å². The quantitative estimate of drug-likeness (QED) is 0.647. The zero-order chi connectivity index (χ0) is 13.6. The van der Waals surface area contributed by atoms with Gasteiger partial charge >= 0.3 is 0 Å². The highest BCUT2D eigenvalue weighted by Gasteiger charge is 2.31. The molecular formula is C12H25NO4S. The van der Waals surface area contributed by atoms with Crippen LogP contribution in [0, 0.1) is 0 Å². The molecule has 0 aromatic rings. The molecule has 1 aliphatic rings. The third-order valence-electron chi connectivity index (χ3n) is 3.28. The van der Waals surface area contributed by atoms with E-state index in [9.17, 15) is 13.5 Å². The Morgan fingerprint density at radius 3 is 2.78 bits per heavy atom. The SMILES string of the molecule is CCCCOCC(O)CN(C)C1CCS(=O)(=O)C1. The van der Waals surface area contributed by atoms with Crippen LogP contribution in [-0.2, 0) is 14.6 Å². The van der Waals surface area contributed by atoms with Crippen molar-refractivity contribution in [2.45, 2.75) is 38.3 Å². The Labute approximate surface area is 110 Å². The average Bonchev–Trinajstić information content (AvgIpc) is 2.65. The van der Waals surface area contributed by atoms with Crippen LogP contribution >= 0.6 is 0 Å². The highest BCUT2D eigenvalue weighted by atomic mass is 32.2. The number of rotatable bonds is 8. The van der Waals surface area contributed by atoms with Crippen molar-refractivity contribution in [2.24, 2.45) is 0 Å². The second-order valence-corrected chi connectivity index (χ2v) is 7.31. The summed E-state index contributed by atoms with van der Waals surface area (Å²) < 4.78 is 28.1. The number of nitrogens with zero attached hydrogens (tertiary/aromatic N) is 1. The van der Waals surface area contributed by atoms with E-state index >= 15 is 0 Å². The van der Waals surface area contributed by atoms with E-state index in [1.165, 1.54) is 0 Å². The summed E-state index contributed by atoms with van der Waals surface area (Å²) in [7, 11) is -0.993. The second kappa shape index (κ2) is 7.43. The number of unbranched alkanes of at least 4 members (excludes halogenated alkanes) is 1. The van der Waals surface area contributed by atoms with E-state index in [2.05, 4.69) is 6.92 Å². The molecule has 6 heteroatoms. The summed E-state index contributed by atoms with van der Waals surface area (Å²) in [6.45, 7) is 3.55. The summed E-state index contributed by atoms with van der Waals surface area (Å²) in [6, 6.07) is 0.0419. The molecule has 0 amide bonds. The van der Waals surface area contributed by atoms with Gasteiger partial charge in [-0.1, -0.05) is 13.3 Å². The van der Waals surface area contributed by atoms with Gasteiger partial charge in [0.05, 0.1) is 24.2 Å². The van der Waals surface area contributed by atoms with Crippen LogP contribution in [0.2, 0.25) is 0 Å². The zero-order valence-electron chi connectivity index (χ0n) is 11.3. The largest absolute Gasteiger partial charge is 0.389 e. The van der Waals surface area contributed by atoms with E-state index in [1.54, 1.807) is 0 Å². The van der Waals surface area contributed by atoms with E-state index in [0.717, 1.165) is 12.8 Å². The van der Waals surface area contributed by atoms with Gasteiger partial charge in [-0.05, 0) is 19.9 Å². The van der Waals surface area contributed by atoms with Crippen LogP contribution in [0.15, 0.2) is 0 Å². The number of hydrogen-bond donors (Lipinski definition) is 1. The number of aliphatic hydroxyl groups excluding tert-OH is 1. The first-order valence-corrected chi connectivity index (χ1v) is 8.43. The van der Waals surface area contributed by atoms with E-state index in [1.807, 2.05) is 11.9 Å². The van der Waals surface area contributed by atoms with Crippen LogP contribution in [-0.4, -0.2) is 68.9 Å². The average molecular weight is 279 g/mol. The summed E-state index contributed by atoms with van der Waals surface area (Å²) in [5.41, 5.74) is 0. The van der Waals surface area contributed by atoms with Crippen LogP contribution in [0.1, 0.15) is 26.2 Å². The maximum absolute atomic E-state index is 11.4. The van der Waals surface area contributed by atoms with Gasteiger partial charge in [0.25, 0.3) is 0 Å². The van der Waals surface area contributed by atoms with Crippen molar-refractivity contribution in [3.8, 4) is 0 Å². The van der Waals surface area contributed by atoms with E-state index in [4.69, 9.17) is 4.74 Å². The van der Waals surface area contributed by atoms with Gasteiger partial charge in [0.1, 0.15) is 0 Å². The Morgan fingerprint density at radius 2 is 2.22 bits per heavy atom. The molecule has 1 saturated heterocycles. The van der Waals surface area contributed by atoms with Gasteiger partial charge in [0.2, 0.25) is 0 Å². The first-order chi connectivity index (χ1) is 8.44. The lowest BCUT2D eigenvalue weighted by atomic mass is 10.2. The third kappa shape index (κ3) is 5.65. The van der Waals surface area contributed by atoms with Crippen molar-refractivity contribution in [2.75, 3.05) is 38.3 Å². The third-order valence-corrected chi connectivity index (χ3v) is 5.03. The molecule has 0 aromatic heterocycles. The first-order valence-electron chi connectivity index (χ1n) is 6.61. The monoisotopic (exact) mass is 279 g/mol. The summed E-state index contributed by atoms with van der Waals surface area (Å²) >= 11 is 0. The molecule has 0 saturated carbocycles. The lowest BCUT2D eigenvalue weighted by Gasteiger charge is -2.25. The molecule has 1 rings (SSSR count). The highest BCUT2D eigenvalue weighted by Crippen LogP contribution is 2.16. The maximum atomic E-state index is 11.4. The molecule has 0 aromatic carbocycles. The fourth-order valence-corrected chi connectivity index (χ4v) is 3.93. The molecule has 1 N–H and O–H groups in total. The minimum Gasteiger partial charge on any atom is -0.389 e. The molecule has 18 heavy (non-hydrogen) atoms. The lowest BCUT2D eigenvalue weighted by Crippen LogP contribution is -2.39. The second-order valence-electron chi connectivity index (χ2n) is 5.08. The van der Waals surface area contributed by atoms with Crippen LogP contribution < -0.4 is 0 Å². The number of aliphatic hydroxyl groups is 1. The fourth-order valence-electron chi connectivity index (χ4n) is 2.12. The summed E-state index contributed by atoms with van der Waals surface area (Å²) in [5, 5.41) is 9.79. The minimum atomic E-state index is -2.86. The van der Waals surface area contributed by atoms with Gasteiger partial charge in [-0.3, -0.25) is 4.90 Å². The van der Waals surface area contributed by atoms with Gasteiger partial charge in [0.15, 0.2) is 9.84 Å². The molecule has 1 aliphatic heterocycles. The minimum absolute atomic E-state index is 0.0419. The normalized spacial score (nSPS) is 24.6. The van der Waals surface area contributed by atoms with Crippen LogP contribution in [0.25, 0.3) is 0 Å². The summed E-state index contributed by atoms with van der Waals surface area (Å²) in [4.78, 5) is 1.93. The van der Waals surface area contributed by atoms with Gasteiger partial charge in [-0.25, -0.2) is 8.42 Å². The van der Waals surface area contributed by atoms with E-state index < -0.39 is 15.9 Å². The van der Waals surface area contributed by atoms with Gasteiger partial charge in [-0.2, -0.15) is 0 Å². The molecule has 0 bridgehead atoms. The summed E-state index contributed by atoms with van der Waals surface area (Å²) in [5.74, 6) is 0.484. The summed E-state index contributed by atoms with van der Waals surface area (Å²) in [6.07, 6.45) is 2.21. The molecule has 1 fully saturated rings. The fraction of sp³-hybridized carbons (Fsp3) is 1.00. The number of hydrogen-bond acceptors (Lipinski definition) is 5. The van der Waals surface area contributed by atoms with Gasteiger partial charge in [-0.15, -0.1) is 0 Å². The molecule has 2 unspecified atom stereocenters. The molecule has 1 heterocycles. The van der Waals surface area contributed by atoms with Gasteiger partial charge < -0.3 is 9.84 Å². The van der Waals surface area contributed by atoms with Crippen molar-refractivity contribution < 1.29 is 18.3 Å². The zero-order valence-corrected chi connectivity index (χ0v) is 12.2. The van der Waals surface area contributed by atoms with Crippen molar-refractivity contribution in [3.05, 3.63) is 0 Å². The molecule has 5 nitrogen and oxygen atoms in total. The topological polar surface area (TPSA) is 66.8 Å². The number of likely N-dealkylation sites (N-methyl/N-ethyl adjacent to an activating group) is 1. The Morgan fingerprint density at radius 1 is 1.50 bits per heavy atom. The Hall–Kier alpha value is -0.170. The molecular weight excluding hydrogens is 254 g/mol. The van der Waals surface area contributed by atoms with Crippen molar-refractivity contribution in [3.63, 3.8) is 0 Å². The number of ether oxygens (including phenoxy) is 1. The Kier molecular flexibility index (Phi) is 6.55. The predicted molar refractivity (Wildman–Crippen MR) is 71.4 cm³/mol. The van der Waals surface area contributed by atoms with E-state index in [-0.39, 0.29) is 17.5 Å². The van der Waals surface area contributed by atoms with Crippen molar-refractivity contribution in [1.82, 2.24) is 4.90 Å². The standard InChI is InChI=1S/C12H25NO4S/c1-3-4-6-17-9-12(14)8-13(2)11-5-7-18(15,16)10-11/h11-12,14H,3-10H2,1-2H3. The Balaban J connectivity index is 2.21. The predicted octanol–water partition coefficient (Wildman–Crippen LogP) is 0.283. The molecule has 0 radical (unpaired) electrons. The molecule has 0 spiro atoms. The molecule has 0 aliphatic carbocycles. The Bertz CT molecular complexity index is 331. The van der Waals surface area contributed by atoms with Crippen LogP contribution in [0.4, 0.5) is 0 Å². The molecule has 108 valence electrons. The smallest absolute Gasteiger partial charge is 0.151 e. The number of sulfone groups is 1. The first kappa shape index (κ1) is 15.9. The van der Waals surface area contributed by atoms with Gasteiger partial charge in [0, 0.05) is 19.2 Å². The highest BCUT2D eigenvalue weighted by molar-refractivity contribution is 7.91. The van der Waals surface area contributed by atoms with Crippen LogP contribution in [0.3, 0.4) is 0 Å². The van der Waals surface area contributed by atoms with Crippen molar-refractivity contribution >= 4 is 9.84 Å². The van der Waals surface area contributed by atoms with E-state index in [0.29, 0.717) is 26.2 Å². The maximum Gasteiger partial charge on any atom is 0.151 e. The lowest BCUT2D eigenvalue weighted by molar-refractivity contribution is 0.0150. The molecule has 2 atom stereocenters. The van der Waals surface area contributed by atoms with Crippen molar-refractivity contribution in [1.29, 1.82) is 0 Å².